The van der Waals surface area contributed by atoms with E-state index in [4.69, 9.17) is 4.42 Å². The topological polar surface area (TPSA) is 58.4 Å². The molecule has 1 fully saturated rings. The van der Waals surface area contributed by atoms with Gasteiger partial charge in [-0.2, -0.15) is 0 Å². The van der Waals surface area contributed by atoms with Gasteiger partial charge in [0, 0.05) is 25.5 Å². The number of furan rings is 1. The van der Waals surface area contributed by atoms with Crippen LogP contribution < -0.4 is 5.32 Å². The van der Waals surface area contributed by atoms with Gasteiger partial charge < -0.3 is 9.73 Å². The van der Waals surface area contributed by atoms with Crippen molar-refractivity contribution in [3.63, 3.8) is 0 Å². The third-order valence-corrected chi connectivity index (χ3v) is 4.27. The maximum Gasteiger partial charge on any atom is 0.224 e. The first-order valence-electron chi connectivity index (χ1n) is 8.22. The molecular weight excluding hydrogens is 290 g/mol. The zero-order valence-corrected chi connectivity index (χ0v) is 13.3. The first-order chi connectivity index (χ1) is 11.3. The van der Waals surface area contributed by atoms with Gasteiger partial charge in [-0.05, 0) is 49.6 Å². The van der Waals surface area contributed by atoms with Crippen LogP contribution in [0.3, 0.4) is 0 Å². The SMILES string of the molecule is O=C(NCCc1cccnc1)[C@H]1CCCN(Cc2ccco2)C1. The summed E-state index contributed by atoms with van der Waals surface area (Å²) in [5.41, 5.74) is 1.15. The van der Waals surface area contributed by atoms with E-state index in [-0.39, 0.29) is 11.8 Å². The molecule has 5 nitrogen and oxygen atoms in total. The number of likely N-dealkylation sites (tertiary alicyclic amines) is 1. The number of carbonyl (C=O) groups is 1. The normalized spacial score (nSPS) is 18.7. The fraction of sp³-hybridized carbons (Fsp3) is 0.444. The molecule has 3 heterocycles. The molecule has 1 N–H and O–H groups in total. The molecule has 3 rings (SSSR count). The van der Waals surface area contributed by atoms with Crippen molar-refractivity contribution in [2.45, 2.75) is 25.8 Å². The molecule has 2 aromatic heterocycles. The minimum atomic E-state index is 0.0765. The van der Waals surface area contributed by atoms with Gasteiger partial charge in [-0.3, -0.25) is 14.7 Å². The second-order valence-electron chi connectivity index (χ2n) is 6.06. The quantitative estimate of drug-likeness (QED) is 0.888. The van der Waals surface area contributed by atoms with Gasteiger partial charge in [-0.1, -0.05) is 6.07 Å². The van der Waals surface area contributed by atoms with Gasteiger partial charge in [0.25, 0.3) is 0 Å². The molecule has 1 aliphatic heterocycles. The van der Waals surface area contributed by atoms with Crippen LogP contribution in [0.4, 0.5) is 0 Å². The van der Waals surface area contributed by atoms with E-state index in [0.29, 0.717) is 6.54 Å². The van der Waals surface area contributed by atoms with Crippen LogP contribution >= 0.6 is 0 Å². The Bertz CT molecular complexity index is 598. The number of piperidine rings is 1. The summed E-state index contributed by atoms with van der Waals surface area (Å²) in [6.45, 7) is 3.28. The number of hydrogen-bond donors (Lipinski definition) is 1. The van der Waals surface area contributed by atoms with Gasteiger partial charge in [0.2, 0.25) is 5.91 Å². The fourth-order valence-corrected chi connectivity index (χ4v) is 3.06. The Morgan fingerprint density at radius 3 is 3.13 bits per heavy atom. The smallest absolute Gasteiger partial charge is 0.224 e. The Balaban J connectivity index is 1.43. The predicted molar refractivity (Wildman–Crippen MR) is 87.7 cm³/mol. The van der Waals surface area contributed by atoms with Crippen molar-refractivity contribution in [2.75, 3.05) is 19.6 Å². The molecule has 122 valence electrons. The number of hydrogen-bond acceptors (Lipinski definition) is 4. The Morgan fingerprint density at radius 2 is 2.35 bits per heavy atom. The lowest BCUT2D eigenvalue weighted by atomic mass is 9.97. The van der Waals surface area contributed by atoms with Gasteiger partial charge >= 0.3 is 0 Å². The third-order valence-electron chi connectivity index (χ3n) is 4.27. The molecule has 1 aliphatic rings. The molecule has 5 heteroatoms. The van der Waals surface area contributed by atoms with Gasteiger partial charge in [0.1, 0.15) is 5.76 Å². The van der Waals surface area contributed by atoms with Crippen molar-refractivity contribution in [3.8, 4) is 0 Å². The minimum absolute atomic E-state index is 0.0765. The lowest BCUT2D eigenvalue weighted by molar-refractivity contribution is -0.126. The van der Waals surface area contributed by atoms with Crippen molar-refractivity contribution in [1.29, 1.82) is 0 Å². The number of rotatable bonds is 6. The van der Waals surface area contributed by atoms with Crippen LogP contribution in [0.25, 0.3) is 0 Å². The number of aromatic nitrogens is 1. The van der Waals surface area contributed by atoms with Crippen LogP contribution in [0.5, 0.6) is 0 Å². The minimum Gasteiger partial charge on any atom is -0.468 e. The van der Waals surface area contributed by atoms with Gasteiger partial charge in [0.05, 0.1) is 18.7 Å². The van der Waals surface area contributed by atoms with E-state index >= 15 is 0 Å². The second-order valence-corrected chi connectivity index (χ2v) is 6.06. The maximum atomic E-state index is 12.4. The van der Waals surface area contributed by atoms with E-state index in [0.717, 1.165) is 50.2 Å². The van der Waals surface area contributed by atoms with Crippen LogP contribution in [0, 0.1) is 5.92 Å². The molecule has 23 heavy (non-hydrogen) atoms. The highest BCUT2D eigenvalue weighted by atomic mass is 16.3. The van der Waals surface area contributed by atoms with Gasteiger partial charge in [0.15, 0.2) is 0 Å². The molecule has 0 aromatic carbocycles. The van der Waals surface area contributed by atoms with E-state index in [1.54, 1.807) is 12.5 Å². The predicted octanol–water partition coefficient (Wildman–Crippen LogP) is 2.25. The lowest BCUT2D eigenvalue weighted by Gasteiger charge is -2.31. The summed E-state index contributed by atoms with van der Waals surface area (Å²) in [6.07, 6.45) is 8.15. The standard InChI is InChI=1S/C18H23N3O2/c22-18(20-9-7-15-4-1-8-19-12-15)16-5-2-10-21(13-16)14-17-6-3-11-23-17/h1,3-4,6,8,11-12,16H,2,5,7,9-10,13-14H2,(H,20,22)/t16-/m0/s1. The third kappa shape index (κ3) is 4.66. The molecule has 0 spiro atoms. The molecule has 0 unspecified atom stereocenters. The maximum absolute atomic E-state index is 12.4. The molecule has 1 amide bonds. The van der Waals surface area contributed by atoms with Crippen LogP contribution in [0.2, 0.25) is 0 Å². The monoisotopic (exact) mass is 313 g/mol. The first-order valence-corrected chi connectivity index (χ1v) is 8.22. The Morgan fingerprint density at radius 1 is 1.39 bits per heavy atom. The number of pyridine rings is 1. The summed E-state index contributed by atoms with van der Waals surface area (Å²) in [6, 6.07) is 7.84. The molecule has 0 saturated carbocycles. The highest BCUT2D eigenvalue weighted by Crippen LogP contribution is 2.19. The van der Waals surface area contributed by atoms with E-state index < -0.39 is 0 Å². The Hall–Kier alpha value is -2.14. The van der Waals surface area contributed by atoms with Crippen LogP contribution in [0.15, 0.2) is 47.3 Å². The number of amides is 1. The van der Waals surface area contributed by atoms with E-state index in [1.807, 2.05) is 30.5 Å². The largest absolute Gasteiger partial charge is 0.468 e. The Labute approximate surface area is 136 Å². The molecular formula is C18H23N3O2. The number of carbonyl (C=O) groups excluding carboxylic acids is 1. The summed E-state index contributed by atoms with van der Waals surface area (Å²) >= 11 is 0. The van der Waals surface area contributed by atoms with Crippen molar-refractivity contribution in [3.05, 3.63) is 54.2 Å². The molecule has 1 saturated heterocycles. The number of nitrogens with zero attached hydrogens (tertiary/aromatic N) is 2. The van der Waals surface area contributed by atoms with Crippen LogP contribution in [0.1, 0.15) is 24.2 Å². The average Bonchev–Trinajstić information content (AvgIpc) is 3.09. The first kappa shape index (κ1) is 15.7. The molecule has 0 bridgehead atoms. The highest BCUT2D eigenvalue weighted by Gasteiger charge is 2.25. The zero-order valence-electron chi connectivity index (χ0n) is 13.3. The van der Waals surface area contributed by atoms with E-state index in [9.17, 15) is 4.79 Å². The van der Waals surface area contributed by atoms with Crippen molar-refractivity contribution < 1.29 is 9.21 Å². The molecule has 2 aromatic rings. The summed E-state index contributed by atoms with van der Waals surface area (Å²) in [7, 11) is 0. The summed E-state index contributed by atoms with van der Waals surface area (Å²) < 4.78 is 5.40. The van der Waals surface area contributed by atoms with Gasteiger partial charge in [-0.15, -0.1) is 0 Å². The van der Waals surface area contributed by atoms with Crippen molar-refractivity contribution >= 4 is 5.91 Å². The van der Waals surface area contributed by atoms with E-state index in [1.165, 1.54) is 0 Å². The second kappa shape index (κ2) is 7.92. The molecule has 0 radical (unpaired) electrons. The zero-order chi connectivity index (χ0) is 15.9. The summed E-state index contributed by atoms with van der Waals surface area (Å²) in [5, 5.41) is 3.06. The van der Waals surface area contributed by atoms with Crippen LogP contribution in [-0.2, 0) is 17.8 Å². The van der Waals surface area contributed by atoms with E-state index in [2.05, 4.69) is 15.2 Å². The summed E-state index contributed by atoms with van der Waals surface area (Å²) in [5.74, 6) is 1.20. The summed E-state index contributed by atoms with van der Waals surface area (Å²) in [4.78, 5) is 18.7. The number of nitrogens with one attached hydrogen (secondary N) is 1. The Kier molecular flexibility index (Phi) is 5.42. The van der Waals surface area contributed by atoms with Crippen molar-refractivity contribution in [2.24, 2.45) is 5.92 Å². The van der Waals surface area contributed by atoms with Gasteiger partial charge in [-0.25, -0.2) is 0 Å². The molecule has 1 atom stereocenters. The van der Waals surface area contributed by atoms with Crippen LogP contribution in [-0.4, -0.2) is 35.4 Å². The highest BCUT2D eigenvalue weighted by molar-refractivity contribution is 5.78. The van der Waals surface area contributed by atoms with Crippen molar-refractivity contribution in [1.82, 2.24) is 15.2 Å². The average molecular weight is 313 g/mol. The molecule has 0 aliphatic carbocycles. The lowest BCUT2D eigenvalue weighted by Crippen LogP contribution is -2.43. The fourth-order valence-electron chi connectivity index (χ4n) is 3.06.